The van der Waals surface area contributed by atoms with E-state index in [1.807, 2.05) is 17.2 Å². The van der Waals surface area contributed by atoms with Crippen LogP contribution in [0.25, 0.3) is 0 Å². The predicted molar refractivity (Wildman–Crippen MR) is 36.3 cm³/mol. The first-order valence-corrected chi connectivity index (χ1v) is 3.11. The monoisotopic (exact) mass is 137 g/mol. The molecule has 0 saturated carbocycles. The van der Waals surface area contributed by atoms with Crippen LogP contribution in [0.15, 0.2) is 17.3 Å². The van der Waals surface area contributed by atoms with E-state index < -0.39 is 0 Å². The minimum atomic E-state index is -0.141. The van der Waals surface area contributed by atoms with Crippen LogP contribution in [0.5, 0.6) is 0 Å². The van der Waals surface area contributed by atoms with Gasteiger partial charge in [0.1, 0.15) is 6.54 Å². The summed E-state index contributed by atoms with van der Waals surface area (Å²) in [5, 5.41) is 2.69. The summed E-state index contributed by atoms with van der Waals surface area (Å²) >= 11 is 0. The Morgan fingerprint density at radius 2 is 2.70 bits per heavy atom. The highest BCUT2D eigenvalue weighted by Crippen LogP contribution is 2.07. The molecule has 0 bridgehead atoms. The Morgan fingerprint density at radius 1 is 1.80 bits per heavy atom. The Balaban J connectivity index is 2.22. The van der Waals surface area contributed by atoms with Crippen molar-refractivity contribution < 1.29 is 4.79 Å². The molecular weight excluding hydrogens is 130 g/mol. The number of nitrogens with one attached hydrogen (secondary N) is 1. The van der Waals surface area contributed by atoms with Gasteiger partial charge >= 0.3 is 0 Å². The minimum absolute atomic E-state index is 0.0358. The molecule has 0 aromatic rings. The van der Waals surface area contributed by atoms with Crippen molar-refractivity contribution in [3.8, 4) is 0 Å². The van der Waals surface area contributed by atoms with Crippen molar-refractivity contribution in [2.45, 2.75) is 6.29 Å². The van der Waals surface area contributed by atoms with Crippen molar-refractivity contribution >= 4 is 12.1 Å². The first-order valence-electron chi connectivity index (χ1n) is 3.11. The number of rotatable bonds is 0. The SMILES string of the molecule is O=C1CN2C=CC=NC2N1. The maximum Gasteiger partial charge on any atom is 0.242 e. The van der Waals surface area contributed by atoms with Gasteiger partial charge in [-0.2, -0.15) is 0 Å². The van der Waals surface area contributed by atoms with Crippen molar-refractivity contribution in [1.82, 2.24) is 10.2 Å². The molecule has 52 valence electrons. The quantitative estimate of drug-likeness (QED) is 0.480. The van der Waals surface area contributed by atoms with Gasteiger partial charge in [-0.15, -0.1) is 0 Å². The van der Waals surface area contributed by atoms with E-state index in [9.17, 15) is 4.79 Å². The first kappa shape index (κ1) is 5.46. The van der Waals surface area contributed by atoms with Crippen molar-refractivity contribution in [2.24, 2.45) is 4.99 Å². The number of nitrogens with zero attached hydrogens (tertiary/aromatic N) is 2. The van der Waals surface area contributed by atoms with Gasteiger partial charge in [-0.05, 0) is 6.08 Å². The zero-order chi connectivity index (χ0) is 6.97. The number of hydrogen-bond donors (Lipinski definition) is 1. The van der Waals surface area contributed by atoms with E-state index in [-0.39, 0.29) is 12.2 Å². The molecule has 0 aromatic heterocycles. The molecule has 0 spiro atoms. The van der Waals surface area contributed by atoms with Gasteiger partial charge in [0, 0.05) is 12.4 Å². The molecule has 0 aliphatic carbocycles. The zero-order valence-corrected chi connectivity index (χ0v) is 5.32. The number of aliphatic imine (C=N–C) groups is 1. The average molecular weight is 137 g/mol. The van der Waals surface area contributed by atoms with Gasteiger partial charge < -0.3 is 10.2 Å². The number of hydrogen-bond acceptors (Lipinski definition) is 3. The molecule has 1 saturated heterocycles. The maximum atomic E-state index is 10.7. The van der Waals surface area contributed by atoms with Crippen molar-refractivity contribution in [1.29, 1.82) is 0 Å². The molecule has 1 N–H and O–H groups in total. The molecule has 1 unspecified atom stereocenters. The van der Waals surface area contributed by atoms with Crippen LogP contribution in [0.4, 0.5) is 0 Å². The van der Waals surface area contributed by atoms with Crippen LogP contribution in [0, 0.1) is 0 Å². The smallest absolute Gasteiger partial charge is 0.242 e. The Bertz CT molecular complexity index is 199. The summed E-state index contributed by atoms with van der Waals surface area (Å²) in [4.78, 5) is 16.6. The van der Waals surface area contributed by atoms with Crippen LogP contribution in [0.1, 0.15) is 0 Å². The molecule has 2 aliphatic rings. The van der Waals surface area contributed by atoms with Gasteiger partial charge in [0.15, 0.2) is 6.29 Å². The summed E-state index contributed by atoms with van der Waals surface area (Å²) in [5.41, 5.74) is 0. The van der Waals surface area contributed by atoms with Crippen LogP contribution in [0.3, 0.4) is 0 Å². The van der Waals surface area contributed by atoms with E-state index in [2.05, 4.69) is 10.3 Å². The lowest BCUT2D eigenvalue weighted by Crippen LogP contribution is -2.32. The largest absolute Gasteiger partial charge is 0.330 e. The van der Waals surface area contributed by atoms with E-state index in [1.165, 1.54) is 0 Å². The van der Waals surface area contributed by atoms with E-state index in [0.717, 1.165) is 0 Å². The number of fused-ring (bicyclic) bond motifs is 1. The molecule has 0 aromatic carbocycles. The molecule has 1 amide bonds. The second-order valence-corrected chi connectivity index (χ2v) is 2.25. The van der Waals surface area contributed by atoms with Crippen molar-refractivity contribution in [3.05, 3.63) is 12.3 Å². The molecule has 4 heteroatoms. The van der Waals surface area contributed by atoms with Crippen LogP contribution in [0.2, 0.25) is 0 Å². The third-order valence-electron chi connectivity index (χ3n) is 1.52. The molecule has 1 fully saturated rings. The van der Waals surface area contributed by atoms with Gasteiger partial charge in [0.05, 0.1) is 0 Å². The van der Waals surface area contributed by atoms with Crippen LogP contribution in [-0.4, -0.2) is 29.9 Å². The van der Waals surface area contributed by atoms with Crippen molar-refractivity contribution in [2.75, 3.05) is 6.54 Å². The highest BCUT2D eigenvalue weighted by Gasteiger charge is 2.26. The number of amides is 1. The number of allylic oxidation sites excluding steroid dienone is 1. The fourth-order valence-corrected chi connectivity index (χ4v) is 1.06. The first-order chi connectivity index (χ1) is 4.86. The molecule has 1 atom stereocenters. The van der Waals surface area contributed by atoms with Crippen molar-refractivity contribution in [3.63, 3.8) is 0 Å². The third-order valence-corrected chi connectivity index (χ3v) is 1.52. The molecule has 2 rings (SSSR count). The molecule has 4 nitrogen and oxygen atoms in total. The van der Waals surface area contributed by atoms with Gasteiger partial charge in [-0.1, -0.05) is 0 Å². The molecule has 2 heterocycles. The summed E-state index contributed by atoms with van der Waals surface area (Å²) in [6, 6.07) is 0. The second-order valence-electron chi connectivity index (χ2n) is 2.25. The van der Waals surface area contributed by atoms with E-state index in [0.29, 0.717) is 6.54 Å². The Labute approximate surface area is 58.2 Å². The summed E-state index contributed by atoms with van der Waals surface area (Å²) in [6.45, 7) is 0.429. The minimum Gasteiger partial charge on any atom is -0.330 e. The molecule has 10 heavy (non-hydrogen) atoms. The fraction of sp³-hybridized carbons (Fsp3) is 0.333. The summed E-state index contributed by atoms with van der Waals surface area (Å²) < 4.78 is 0. The maximum absolute atomic E-state index is 10.7. The van der Waals surface area contributed by atoms with Gasteiger partial charge in [-0.3, -0.25) is 4.79 Å². The Kier molecular flexibility index (Phi) is 1.00. The summed E-state index contributed by atoms with van der Waals surface area (Å²) in [5.74, 6) is 0.0358. The van der Waals surface area contributed by atoms with E-state index >= 15 is 0 Å². The highest BCUT2D eigenvalue weighted by molar-refractivity contribution is 5.82. The number of carbonyl (C=O) groups excluding carboxylic acids is 1. The normalized spacial score (nSPS) is 28.6. The van der Waals surface area contributed by atoms with Gasteiger partial charge in [0.25, 0.3) is 0 Å². The summed E-state index contributed by atoms with van der Waals surface area (Å²) in [7, 11) is 0. The van der Waals surface area contributed by atoms with Crippen LogP contribution >= 0.6 is 0 Å². The van der Waals surface area contributed by atoms with E-state index in [1.54, 1.807) is 6.21 Å². The summed E-state index contributed by atoms with van der Waals surface area (Å²) in [6.07, 6.45) is 5.22. The molecule has 2 aliphatic heterocycles. The van der Waals surface area contributed by atoms with Crippen LogP contribution < -0.4 is 5.32 Å². The highest BCUT2D eigenvalue weighted by atomic mass is 16.2. The molecular formula is C6H7N3O. The Hall–Kier alpha value is -1.32. The standard InChI is InChI=1S/C6H7N3O/c10-5-4-9-3-1-2-7-6(9)8-5/h1-3,6H,4H2,(H,8,10). The lowest BCUT2D eigenvalue weighted by molar-refractivity contribution is -0.118. The fourth-order valence-electron chi connectivity index (χ4n) is 1.06. The van der Waals surface area contributed by atoms with Gasteiger partial charge in [0.2, 0.25) is 5.91 Å². The van der Waals surface area contributed by atoms with Gasteiger partial charge in [-0.25, -0.2) is 4.99 Å². The topological polar surface area (TPSA) is 44.7 Å². The lowest BCUT2D eigenvalue weighted by atomic mass is 10.5. The predicted octanol–water partition coefficient (Wildman–Crippen LogP) is -0.700. The number of carbonyl (C=O) groups is 1. The lowest BCUT2D eigenvalue weighted by Gasteiger charge is -2.18. The molecule has 0 radical (unpaired) electrons. The van der Waals surface area contributed by atoms with E-state index in [4.69, 9.17) is 0 Å². The third kappa shape index (κ3) is 0.689. The van der Waals surface area contributed by atoms with Crippen LogP contribution in [-0.2, 0) is 4.79 Å². The average Bonchev–Trinajstić information content (AvgIpc) is 2.27. The second kappa shape index (κ2) is 1.83. The zero-order valence-electron chi connectivity index (χ0n) is 5.32. The Morgan fingerprint density at radius 3 is 3.50 bits per heavy atom.